The summed E-state index contributed by atoms with van der Waals surface area (Å²) in [6.07, 6.45) is 0. The van der Waals surface area contributed by atoms with Crippen molar-refractivity contribution in [2.45, 2.75) is 0 Å². The Hall–Kier alpha value is -11.5. The molecular weight excluding hydrogens is 1060 g/mol. The Morgan fingerprint density at radius 2 is 0.489 bits per heavy atom. The molecule has 0 saturated heterocycles. The SMILES string of the molecule is c1ccc(-c2ccc3c4ccccc4c4cc(-c5ccccc5)cc5c4n(c4ccccc4c3c2)-c2cc(-n3c4ccccc4c4ccccc43)cc3c2B5c2cc(-c4ccccc4)cc4c5ccccc5c5ccccc5c5ccccc5n-3c24)cc1. The van der Waals surface area contributed by atoms with Crippen molar-refractivity contribution in [2.75, 3.05) is 0 Å². The van der Waals surface area contributed by atoms with Gasteiger partial charge in [-0.2, -0.15) is 0 Å². The predicted octanol–water partition coefficient (Wildman–Crippen LogP) is 20.0. The van der Waals surface area contributed by atoms with Gasteiger partial charge in [0.05, 0.1) is 27.8 Å². The smallest absolute Gasteiger partial charge is 0.252 e. The van der Waals surface area contributed by atoms with Crippen molar-refractivity contribution in [3.05, 3.63) is 315 Å². The molecule has 0 amide bonds. The van der Waals surface area contributed by atoms with Crippen LogP contribution >= 0.6 is 0 Å². The first-order valence-electron chi connectivity index (χ1n) is 30.6. The first-order chi connectivity index (χ1) is 43.7. The lowest BCUT2D eigenvalue weighted by molar-refractivity contribution is 1.10. The number of hydrogen-bond acceptors (Lipinski definition) is 0. The molecule has 2 aliphatic rings. The normalized spacial score (nSPS) is 12.3. The molecule has 0 aliphatic carbocycles. The van der Waals surface area contributed by atoms with E-state index in [0.29, 0.717) is 0 Å². The molecule has 0 saturated carbocycles. The monoisotopic (exact) mass is 1110 g/mol. The average molecular weight is 1110 g/mol. The van der Waals surface area contributed by atoms with Gasteiger partial charge in [0, 0.05) is 54.7 Å². The molecule has 17 aromatic rings. The Bertz CT molecular complexity index is 5940. The van der Waals surface area contributed by atoms with Crippen LogP contribution in [0.25, 0.3) is 159 Å². The van der Waals surface area contributed by atoms with Gasteiger partial charge in [-0.25, -0.2) is 0 Å². The number of benzene rings is 14. The van der Waals surface area contributed by atoms with Crippen LogP contribution in [0, 0.1) is 0 Å². The minimum Gasteiger partial charge on any atom is -0.310 e. The summed E-state index contributed by atoms with van der Waals surface area (Å²) < 4.78 is 7.92. The van der Waals surface area contributed by atoms with Crippen LogP contribution in [0.4, 0.5) is 0 Å². The summed E-state index contributed by atoms with van der Waals surface area (Å²) in [5, 5.41) is 16.7. The molecule has 19 rings (SSSR count). The van der Waals surface area contributed by atoms with Crippen molar-refractivity contribution in [1.29, 1.82) is 0 Å². The molecule has 0 fully saturated rings. The van der Waals surface area contributed by atoms with Crippen LogP contribution in [0.15, 0.2) is 315 Å². The van der Waals surface area contributed by atoms with Gasteiger partial charge in [0.15, 0.2) is 0 Å². The number of hydrogen-bond donors (Lipinski definition) is 0. The highest BCUT2D eigenvalue weighted by Crippen LogP contribution is 2.44. The van der Waals surface area contributed by atoms with Crippen molar-refractivity contribution < 1.29 is 0 Å². The molecule has 0 bridgehead atoms. The lowest BCUT2D eigenvalue weighted by atomic mass is 9.34. The zero-order valence-corrected chi connectivity index (χ0v) is 47.9. The van der Waals surface area contributed by atoms with Crippen LogP contribution in [0.2, 0.25) is 0 Å². The summed E-state index contributed by atoms with van der Waals surface area (Å²) in [5.74, 6) is 0. The van der Waals surface area contributed by atoms with Crippen molar-refractivity contribution in [3.8, 4) is 50.4 Å². The lowest BCUT2D eigenvalue weighted by Crippen LogP contribution is -2.60. The quantitative estimate of drug-likeness (QED) is 0.156. The van der Waals surface area contributed by atoms with E-state index in [9.17, 15) is 0 Å². The largest absolute Gasteiger partial charge is 0.310 e. The third-order valence-electron chi connectivity index (χ3n) is 19.2. The molecule has 2 aliphatic heterocycles. The standard InChI is InChI=1S/C84H52BN3/c1-4-24-53(25-5-1)56-44-45-66-62-32-12-15-35-65(62)73-48-58(55-28-8-3-9-29-55)50-75-84(73)88(79-43-23-19-39-70(79)71(66)46-56)81-52-59(86-76-40-20-17-37-68(76)69-38-18-21-41-77(69)86)51-80-82(81)85(75)74-49-57(54-26-6-2-7-27-54)47-72-64-34-14-11-31-61(64)60-30-10-13-33-63(60)67-36-16-22-42-78(67)87(80)83(72)74/h1-52H. The Morgan fingerprint density at radius 1 is 0.193 bits per heavy atom. The average Bonchev–Trinajstić information content (AvgIpc) is 1.01. The molecule has 0 atom stereocenters. The van der Waals surface area contributed by atoms with Gasteiger partial charge in [-0.15, -0.1) is 0 Å². The second-order valence-electron chi connectivity index (χ2n) is 23.8. The predicted molar refractivity (Wildman–Crippen MR) is 376 cm³/mol. The summed E-state index contributed by atoms with van der Waals surface area (Å²) in [4.78, 5) is 0. The minimum absolute atomic E-state index is 0.255. The van der Waals surface area contributed by atoms with Crippen LogP contribution in [-0.2, 0) is 0 Å². The molecule has 0 spiro atoms. The summed E-state index contributed by atoms with van der Waals surface area (Å²) in [6, 6.07) is 119. The Kier molecular flexibility index (Phi) is 10.6. The fourth-order valence-electron chi connectivity index (χ4n) is 15.5. The number of rotatable bonds is 4. The van der Waals surface area contributed by atoms with Crippen molar-refractivity contribution in [2.24, 2.45) is 0 Å². The molecule has 88 heavy (non-hydrogen) atoms. The van der Waals surface area contributed by atoms with Crippen molar-refractivity contribution in [1.82, 2.24) is 13.7 Å². The van der Waals surface area contributed by atoms with Crippen molar-refractivity contribution in [3.63, 3.8) is 0 Å². The zero-order chi connectivity index (χ0) is 57.6. The van der Waals surface area contributed by atoms with E-state index < -0.39 is 0 Å². The van der Waals surface area contributed by atoms with E-state index in [-0.39, 0.29) is 6.71 Å². The van der Waals surface area contributed by atoms with Gasteiger partial charge in [-0.05, 0) is 147 Å². The van der Waals surface area contributed by atoms with E-state index in [4.69, 9.17) is 0 Å². The topological polar surface area (TPSA) is 14.8 Å². The van der Waals surface area contributed by atoms with Gasteiger partial charge in [0.25, 0.3) is 6.71 Å². The van der Waals surface area contributed by atoms with E-state index >= 15 is 0 Å². The number of fused-ring (bicyclic) bond motifs is 21. The van der Waals surface area contributed by atoms with Crippen molar-refractivity contribution >= 4 is 132 Å². The second kappa shape index (κ2) is 19.0. The Morgan fingerprint density at radius 3 is 0.909 bits per heavy atom. The highest BCUT2D eigenvalue weighted by atomic mass is 15.1. The zero-order valence-electron chi connectivity index (χ0n) is 47.9. The van der Waals surface area contributed by atoms with E-state index in [1.165, 1.54) is 131 Å². The van der Waals surface area contributed by atoms with Crippen LogP contribution in [0.1, 0.15) is 0 Å². The highest BCUT2D eigenvalue weighted by molar-refractivity contribution is 7.00. The lowest BCUT2D eigenvalue weighted by Gasteiger charge is -2.37. The summed E-state index contributed by atoms with van der Waals surface area (Å²) in [7, 11) is 0. The summed E-state index contributed by atoms with van der Waals surface area (Å²) >= 11 is 0. The number of para-hydroxylation sites is 4. The first kappa shape index (κ1) is 48.9. The summed E-state index contributed by atoms with van der Waals surface area (Å²) in [6.45, 7) is -0.255. The molecule has 3 nitrogen and oxygen atoms in total. The Labute approximate surface area is 508 Å². The maximum atomic E-state index is 2.70. The maximum absolute atomic E-state index is 2.70. The molecule has 3 aromatic heterocycles. The Balaban J connectivity index is 1.13. The van der Waals surface area contributed by atoms with E-state index in [0.717, 1.165) is 44.5 Å². The van der Waals surface area contributed by atoms with E-state index in [2.05, 4.69) is 329 Å². The third-order valence-corrected chi connectivity index (χ3v) is 19.2. The third kappa shape index (κ3) is 7.09. The first-order valence-corrected chi connectivity index (χ1v) is 30.6. The van der Waals surface area contributed by atoms with E-state index in [1.54, 1.807) is 0 Å². The summed E-state index contributed by atoms with van der Waals surface area (Å²) in [5.41, 5.74) is 21.2. The molecule has 14 aromatic carbocycles. The molecule has 4 heteroatoms. The van der Waals surface area contributed by atoms with Gasteiger partial charge in [0.2, 0.25) is 0 Å². The number of nitrogens with zero attached hydrogens (tertiary/aromatic N) is 3. The van der Waals surface area contributed by atoms with Crippen LogP contribution < -0.4 is 16.4 Å². The van der Waals surface area contributed by atoms with Crippen LogP contribution in [0.3, 0.4) is 0 Å². The molecule has 0 radical (unpaired) electrons. The second-order valence-corrected chi connectivity index (χ2v) is 23.8. The number of aromatic nitrogens is 3. The van der Waals surface area contributed by atoms with Gasteiger partial charge >= 0.3 is 0 Å². The maximum Gasteiger partial charge on any atom is 0.252 e. The van der Waals surface area contributed by atoms with E-state index in [1.807, 2.05) is 0 Å². The molecule has 406 valence electrons. The molecule has 0 N–H and O–H groups in total. The van der Waals surface area contributed by atoms with Gasteiger partial charge < -0.3 is 13.7 Å². The van der Waals surface area contributed by atoms with Gasteiger partial charge in [0.1, 0.15) is 0 Å². The molecule has 0 unspecified atom stereocenters. The fourth-order valence-corrected chi connectivity index (χ4v) is 15.5. The van der Waals surface area contributed by atoms with Gasteiger partial charge in [-0.1, -0.05) is 261 Å². The minimum atomic E-state index is -0.255. The van der Waals surface area contributed by atoms with Crippen LogP contribution in [-0.4, -0.2) is 20.4 Å². The van der Waals surface area contributed by atoms with Gasteiger partial charge in [-0.3, -0.25) is 0 Å². The molecule has 5 heterocycles. The fraction of sp³-hybridized carbons (Fsp3) is 0. The molecular formula is C84H52BN3. The van der Waals surface area contributed by atoms with Crippen LogP contribution in [0.5, 0.6) is 0 Å². The highest BCUT2D eigenvalue weighted by Gasteiger charge is 2.41.